The first-order valence-electron chi connectivity index (χ1n) is 9.38. The Morgan fingerprint density at radius 2 is 1.96 bits per heavy atom. The number of amides is 2. The third-order valence-electron chi connectivity index (χ3n) is 4.93. The summed E-state index contributed by atoms with van der Waals surface area (Å²) in [6, 6.07) is 9.10. The SMILES string of the molecule is CC(C)[C@H](N)C(=O)N(C)CC1CCCCN1C(=O)OCc1ccccc1. The van der Waals surface area contributed by atoms with Crippen LogP contribution in [0.5, 0.6) is 0 Å². The molecule has 0 spiro atoms. The van der Waals surface area contributed by atoms with E-state index in [1.165, 1.54) is 0 Å². The van der Waals surface area contributed by atoms with E-state index in [0.717, 1.165) is 24.8 Å². The van der Waals surface area contributed by atoms with Crippen molar-refractivity contribution in [2.24, 2.45) is 11.7 Å². The molecule has 144 valence electrons. The molecule has 6 nitrogen and oxygen atoms in total. The molecule has 6 heteroatoms. The van der Waals surface area contributed by atoms with E-state index in [2.05, 4.69) is 0 Å². The molecule has 2 rings (SSSR count). The summed E-state index contributed by atoms with van der Waals surface area (Å²) < 4.78 is 5.48. The van der Waals surface area contributed by atoms with E-state index in [1.807, 2.05) is 44.2 Å². The fourth-order valence-electron chi connectivity index (χ4n) is 3.18. The molecule has 1 aromatic rings. The first-order valence-corrected chi connectivity index (χ1v) is 9.38. The second-order valence-electron chi connectivity index (χ2n) is 7.37. The van der Waals surface area contributed by atoms with Crippen molar-refractivity contribution in [3.8, 4) is 0 Å². The summed E-state index contributed by atoms with van der Waals surface area (Å²) >= 11 is 0. The van der Waals surface area contributed by atoms with Crippen LogP contribution >= 0.6 is 0 Å². The molecule has 1 aromatic carbocycles. The summed E-state index contributed by atoms with van der Waals surface area (Å²) in [4.78, 5) is 28.4. The van der Waals surface area contributed by atoms with Crippen molar-refractivity contribution in [1.29, 1.82) is 0 Å². The lowest BCUT2D eigenvalue weighted by Gasteiger charge is -2.37. The molecular formula is C20H31N3O3. The highest BCUT2D eigenvalue weighted by Gasteiger charge is 2.31. The molecule has 0 bridgehead atoms. The molecule has 1 heterocycles. The maximum absolute atomic E-state index is 12.6. The molecule has 1 aliphatic rings. The molecule has 2 amide bonds. The minimum atomic E-state index is -0.512. The van der Waals surface area contributed by atoms with Gasteiger partial charge >= 0.3 is 6.09 Å². The summed E-state index contributed by atoms with van der Waals surface area (Å²) in [5.74, 6) is 0.00595. The van der Waals surface area contributed by atoms with Gasteiger partial charge in [-0.1, -0.05) is 44.2 Å². The first kappa shape index (κ1) is 20.2. The van der Waals surface area contributed by atoms with Gasteiger partial charge in [0.25, 0.3) is 0 Å². The Morgan fingerprint density at radius 1 is 1.27 bits per heavy atom. The average molecular weight is 361 g/mol. The predicted octanol–water partition coefficient (Wildman–Crippen LogP) is 2.62. The molecule has 2 atom stereocenters. The zero-order chi connectivity index (χ0) is 19.1. The van der Waals surface area contributed by atoms with Gasteiger partial charge in [0.05, 0.1) is 12.1 Å². The van der Waals surface area contributed by atoms with E-state index in [4.69, 9.17) is 10.5 Å². The van der Waals surface area contributed by atoms with E-state index < -0.39 is 6.04 Å². The Bertz CT molecular complexity index is 591. The number of rotatable bonds is 6. The van der Waals surface area contributed by atoms with Gasteiger partial charge in [0.1, 0.15) is 6.61 Å². The highest BCUT2D eigenvalue weighted by Crippen LogP contribution is 2.20. The zero-order valence-electron chi connectivity index (χ0n) is 16.1. The quantitative estimate of drug-likeness (QED) is 0.845. The average Bonchev–Trinajstić information content (AvgIpc) is 2.66. The van der Waals surface area contributed by atoms with Crippen LogP contribution in [0.15, 0.2) is 30.3 Å². The number of hydrogen-bond acceptors (Lipinski definition) is 4. The van der Waals surface area contributed by atoms with Gasteiger partial charge in [-0.15, -0.1) is 0 Å². The third kappa shape index (κ3) is 5.46. The molecule has 1 unspecified atom stereocenters. The van der Waals surface area contributed by atoms with Gasteiger partial charge in [-0.25, -0.2) is 4.79 Å². The Hall–Kier alpha value is -2.08. The number of hydrogen-bond donors (Lipinski definition) is 1. The molecule has 2 N–H and O–H groups in total. The van der Waals surface area contributed by atoms with Gasteiger partial charge in [-0.05, 0) is 30.7 Å². The molecule has 0 aliphatic carbocycles. The van der Waals surface area contributed by atoms with Crippen LogP contribution < -0.4 is 5.73 Å². The van der Waals surface area contributed by atoms with Crippen molar-refractivity contribution >= 4 is 12.0 Å². The molecule has 0 saturated carbocycles. The minimum absolute atomic E-state index is 0.0275. The van der Waals surface area contributed by atoms with Crippen LogP contribution in [0.4, 0.5) is 4.79 Å². The normalized spacial score (nSPS) is 18.5. The van der Waals surface area contributed by atoms with Crippen LogP contribution in [0, 0.1) is 5.92 Å². The molecule has 1 saturated heterocycles. The lowest BCUT2D eigenvalue weighted by Crippen LogP contribution is -2.53. The number of nitrogens with zero attached hydrogens (tertiary/aromatic N) is 2. The van der Waals surface area contributed by atoms with Crippen molar-refractivity contribution in [3.63, 3.8) is 0 Å². The summed E-state index contributed by atoms with van der Waals surface area (Å²) in [6.07, 6.45) is 2.56. The number of ether oxygens (including phenoxy) is 1. The maximum Gasteiger partial charge on any atom is 0.410 e. The number of carbonyl (C=O) groups excluding carboxylic acids is 2. The standard InChI is InChI=1S/C20H31N3O3/c1-15(2)18(21)19(24)22(3)13-17-11-7-8-12-23(17)20(25)26-14-16-9-5-4-6-10-16/h4-6,9-10,15,17-18H,7-8,11-14,21H2,1-3H3/t17?,18-/m0/s1. The van der Waals surface area contributed by atoms with Gasteiger partial charge in [-0.2, -0.15) is 0 Å². The van der Waals surface area contributed by atoms with Crippen LogP contribution in [-0.4, -0.2) is 54.0 Å². The van der Waals surface area contributed by atoms with E-state index >= 15 is 0 Å². The van der Waals surface area contributed by atoms with Gasteiger partial charge < -0.3 is 20.3 Å². The van der Waals surface area contributed by atoms with E-state index in [-0.39, 0.29) is 30.6 Å². The second kappa shape index (κ2) is 9.57. The third-order valence-corrected chi connectivity index (χ3v) is 4.93. The van der Waals surface area contributed by atoms with Crippen LogP contribution in [0.1, 0.15) is 38.7 Å². The van der Waals surface area contributed by atoms with Crippen molar-refractivity contribution in [3.05, 3.63) is 35.9 Å². The molecule has 0 aromatic heterocycles. The summed E-state index contributed by atoms with van der Waals surface area (Å²) in [5, 5.41) is 0. The molecule has 1 fully saturated rings. The maximum atomic E-state index is 12.6. The lowest BCUT2D eigenvalue weighted by atomic mass is 10.0. The number of likely N-dealkylation sites (tertiary alicyclic amines) is 1. The second-order valence-corrected chi connectivity index (χ2v) is 7.37. The minimum Gasteiger partial charge on any atom is -0.445 e. The van der Waals surface area contributed by atoms with Gasteiger partial charge in [-0.3, -0.25) is 4.79 Å². The van der Waals surface area contributed by atoms with Crippen LogP contribution in [0.2, 0.25) is 0 Å². The Balaban J connectivity index is 1.93. The molecular weight excluding hydrogens is 330 g/mol. The van der Waals surface area contributed by atoms with Crippen LogP contribution in [0.3, 0.4) is 0 Å². The Kier molecular flexibility index (Phi) is 7.45. The van der Waals surface area contributed by atoms with E-state index in [0.29, 0.717) is 13.1 Å². The highest BCUT2D eigenvalue weighted by atomic mass is 16.6. The van der Waals surface area contributed by atoms with Crippen molar-refractivity contribution < 1.29 is 14.3 Å². The van der Waals surface area contributed by atoms with Crippen LogP contribution in [-0.2, 0) is 16.1 Å². The number of piperidine rings is 1. The Morgan fingerprint density at radius 3 is 2.62 bits per heavy atom. The van der Waals surface area contributed by atoms with Gasteiger partial charge in [0.2, 0.25) is 5.91 Å². The largest absolute Gasteiger partial charge is 0.445 e. The van der Waals surface area contributed by atoms with E-state index in [9.17, 15) is 9.59 Å². The van der Waals surface area contributed by atoms with Crippen molar-refractivity contribution in [1.82, 2.24) is 9.80 Å². The monoisotopic (exact) mass is 361 g/mol. The van der Waals surface area contributed by atoms with E-state index in [1.54, 1.807) is 16.8 Å². The fraction of sp³-hybridized carbons (Fsp3) is 0.600. The summed E-state index contributed by atoms with van der Waals surface area (Å²) in [7, 11) is 1.76. The van der Waals surface area contributed by atoms with Gasteiger partial charge in [0.15, 0.2) is 0 Å². The number of carbonyl (C=O) groups is 2. The molecule has 26 heavy (non-hydrogen) atoms. The van der Waals surface area contributed by atoms with Gasteiger partial charge in [0, 0.05) is 20.1 Å². The zero-order valence-corrected chi connectivity index (χ0v) is 16.1. The number of likely N-dealkylation sites (N-methyl/N-ethyl adjacent to an activating group) is 1. The lowest BCUT2D eigenvalue weighted by molar-refractivity contribution is -0.133. The highest BCUT2D eigenvalue weighted by molar-refractivity contribution is 5.81. The fourth-order valence-corrected chi connectivity index (χ4v) is 3.18. The number of benzene rings is 1. The number of nitrogens with two attached hydrogens (primary N) is 1. The summed E-state index contributed by atoms with van der Waals surface area (Å²) in [6.45, 7) is 5.28. The first-order chi connectivity index (χ1) is 12.4. The molecule has 0 radical (unpaired) electrons. The van der Waals surface area contributed by atoms with Crippen molar-refractivity contribution in [2.75, 3.05) is 20.1 Å². The molecule has 1 aliphatic heterocycles. The summed E-state index contributed by atoms with van der Waals surface area (Å²) in [5.41, 5.74) is 6.94. The smallest absolute Gasteiger partial charge is 0.410 e. The predicted molar refractivity (Wildman–Crippen MR) is 101 cm³/mol. The van der Waals surface area contributed by atoms with Crippen LogP contribution in [0.25, 0.3) is 0 Å². The topological polar surface area (TPSA) is 75.9 Å². The van der Waals surface area contributed by atoms with Crippen molar-refractivity contribution in [2.45, 2.75) is 51.8 Å². The Labute approximate surface area is 156 Å².